The first-order valence-electron chi connectivity index (χ1n) is 4.92. The van der Waals surface area contributed by atoms with Gasteiger partial charge in [0.25, 0.3) is 0 Å². The molecule has 82 valence electrons. The molecule has 0 radical (unpaired) electrons. The maximum atomic E-state index is 11.7. The summed E-state index contributed by atoms with van der Waals surface area (Å²) < 4.78 is 0. The molecule has 0 aliphatic rings. The first-order chi connectivity index (χ1) is 7.86. The van der Waals surface area contributed by atoms with Crippen molar-refractivity contribution in [1.29, 1.82) is 0 Å². The summed E-state index contributed by atoms with van der Waals surface area (Å²) in [5, 5.41) is 7.23. The van der Waals surface area contributed by atoms with Gasteiger partial charge in [-0.3, -0.25) is 9.89 Å². The molecule has 1 aromatic carbocycles. The standard InChI is InChI=1S/C11H11N3OS/c15-10(9-4-2-1-3-5-9)6-7-16-11-12-8-13-14-11/h1-5,8H,6-7H2,(H,12,13,14). The molecule has 0 unspecified atom stereocenters. The lowest BCUT2D eigenvalue weighted by molar-refractivity contribution is 0.0989. The summed E-state index contributed by atoms with van der Waals surface area (Å²) in [6.07, 6.45) is 1.97. The number of carbonyl (C=O) groups is 1. The smallest absolute Gasteiger partial charge is 0.183 e. The highest BCUT2D eigenvalue weighted by molar-refractivity contribution is 7.99. The predicted octanol–water partition coefficient (Wildman–Crippen LogP) is 2.17. The molecule has 5 heteroatoms. The number of aromatic amines is 1. The van der Waals surface area contributed by atoms with Gasteiger partial charge < -0.3 is 0 Å². The second-order valence-corrected chi connectivity index (χ2v) is 4.26. The van der Waals surface area contributed by atoms with Crippen LogP contribution in [0.1, 0.15) is 16.8 Å². The Labute approximate surface area is 97.5 Å². The number of Topliss-reactive ketones (excluding diaryl/α,β-unsaturated/α-hetero) is 1. The zero-order valence-corrected chi connectivity index (χ0v) is 9.41. The van der Waals surface area contributed by atoms with Crippen LogP contribution in [0.25, 0.3) is 0 Å². The molecule has 1 N–H and O–H groups in total. The summed E-state index contributed by atoms with van der Waals surface area (Å²) in [7, 11) is 0. The van der Waals surface area contributed by atoms with Crippen molar-refractivity contribution in [1.82, 2.24) is 15.2 Å². The first-order valence-corrected chi connectivity index (χ1v) is 5.91. The van der Waals surface area contributed by atoms with Gasteiger partial charge in [-0.15, -0.1) is 0 Å². The van der Waals surface area contributed by atoms with Crippen LogP contribution in [0, 0.1) is 0 Å². The van der Waals surface area contributed by atoms with Crippen LogP contribution in [0.15, 0.2) is 41.8 Å². The molecule has 2 rings (SSSR count). The summed E-state index contributed by atoms with van der Waals surface area (Å²) in [5.74, 6) is 0.871. The van der Waals surface area contributed by atoms with Crippen LogP contribution >= 0.6 is 11.8 Å². The van der Waals surface area contributed by atoms with Crippen molar-refractivity contribution >= 4 is 17.5 Å². The zero-order chi connectivity index (χ0) is 11.2. The van der Waals surface area contributed by atoms with Crippen LogP contribution in [-0.4, -0.2) is 26.7 Å². The lowest BCUT2D eigenvalue weighted by Crippen LogP contribution is -2.00. The number of benzene rings is 1. The van der Waals surface area contributed by atoms with Gasteiger partial charge >= 0.3 is 0 Å². The SMILES string of the molecule is O=C(CCSc1ncn[nH]1)c1ccccc1. The second kappa shape index (κ2) is 5.46. The van der Waals surface area contributed by atoms with Gasteiger partial charge in [-0.1, -0.05) is 42.1 Å². The normalized spacial score (nSPS) is 10.2. The summed E-state index contributed by atoms with van der Waals surface area (Å²) >= 11 is 1.50. The van der Waals surface area contributed by atoms with Crippen molar-refractivity contribution in [3.63, 3.8) is 0 Å². The monoisotopic (exact) mass is 233 g/mol. The summed E-state index contributed by atoms with van der Waals surface area (Å²) in [6, 6.07) is 9.32. The van der Waals surface area contributed by atoms with Crippen LogP contribution in [0.5, 0.6) is 0 Å². The molecule has 0 saturated carbocycles. The van der Waals surface area contributed by atoms with Crippen LogP contribution in [0.4, 0.5) is 0 Å². The fourth-order valence-corrected chi connectivity index (χ4v) is 1.99. The summed E-state index contributed by atoms with van der Waals surface area (Å²) in [6.45, 7) is 0. The minimum absolute atomic E-state index is 0.160. The molecule has 0 aliphatic heterocycles. The van der Waals surface area contributed by atoms with Gasteiger partial charge in [-0.25, -0.2) is 4.98 Å². The van der Waals surface area contributed by atoms with E-state index in [4.69, 9.17) is 0 Å². The van der Waals surface area contributed by atoms with Crippen LogP contribution in [-0.2, 0) is 0 Å². The lowest BCUT2D eigenvalue weighted by atomic mass is 10.1. The predicted molar refractivity (Wildman–Crippen MR) is 62.5 cm³/mol. The Morgan fingerprint density at radius 3 is 2.81 bits per heavy atom. The van der Waals surface area contributed by atoms with E-state index in [0.29, 0.717) is 12.2 Å². The Hall–Kier alpha value is -1.62. The summed E-state index contributed by atoms with van der Waals surface area (Å²) in [5.41, 5.74) is 0.765. The molecule has 4 nitrogen and oxygen atoms in total. The number of nitrogens with zero attached hydrogens (tertiary/aromatic N) is 2. The van der Waals surface area contributed by atoms with Crippen molar-refractivity contribution < 1.29 is 4.79 Å². The van der Waals surface area contributed by atoms with E-state index >= 15 is 0 Å². The van der Waals surface area contributed by atoms with Crippen molar-refractivity contribution in [2.75, 3.05) is 5.75 Å². The Kier molecular flexibility index (Phi) is 3.71. The van der Waals surface area contributed by atoms with E-state index in [1.165, 1.54) is 18.1 Å². The van der Waals surface area contributed by atoms with Crippen LogP contribution in [0.3, 0.4) is 0 Å². The quantitative estimate of drug-likeness (QED) is 0.635. The number of hydrogen-bond donors (Lipinski definition) is 1. The molecule has 0 saturated heterocycles. The van der Waals surface area contributed by atoms with E-state index in [9.17, 15) is 4.79 Å². The third kappa shape index (κ3) is 2.93. The number of hydrogen-bond acceptors (Lipinski definition) is 4. The number of aromatic nitrogens is 3. The van der Waals surface area contributed by atoms with E-state index in [1.807, 2.05) is 30.3 Å². The highest BCUT2D eigenvalue weighted by Crippen LogP contribution is 2.13. The van der Waals surface area contributed by atoms with E-state index in [0.717, 1.165) is 10.7 Å². The minimum atomic E-state index is 0.160. The van der Waals surface area contributed by atoms with Crippen molar-refractivity contribution in [3.05, 3.63) is 42.2 Å². The first kappa shape index (κ1) is 10.9. The Morgan fingerprint density at radius 2 is 2.12 bits per heavy atom. The van der Waals surface area contributed by atoms with Gasteiger partial charge in [0.05, 0.1) is 0 Å². The minimum Gasteiger partial charge on any atom is -0.294 e. The van der Waals surface area contributed by atoms with Crippen LogP contribution < -0.4 is 0 Å². The third-order valence-corrected chi connectivity index (χ3v) is 2.93. The Balaban J connectivity index is 1.81. The highest BCUT2D eigenvalue weighted by atomic mass is 32.2. The number of nitrogens with one attached hydrogen (secondary N) is 1. The molecule has 16 heavy (non-hydrogen) atoms. The molecule has 0 bridgehead atoms. The van der Waals surface area contributed by atoms with E-state index in [1.54, 1.807) is 0 Å². The third-order valence-electron chi connectivity index (χ3n) is 2.06. The average molecular weight is 233 g/mol. The number of thioether (sulfide) groups is 1. The average Bonchev–Trinajstić information content (AvgIpc) is 2.83. The highest BCUT2D eigenvalue weighted by Gasteiger charge is 2.05. The largest absolute Gasteiger partial charge is 0.294 e. The summed E-state index contributed by atoms with van der Waals surface area (Å²) in [4.78, 5) is 15.7. The van der Waals surface area contributed by atoms with Crippen molar-refractivity contribution in [2.24, 2.45) is 0 Å². The van der Waals surface area contributed by atoms with Gasteiger partial charge in [0.15, 0.2) is 10.9 Å². The maximum absolute atomic E-state index is 11.7. The zero-order valence-electron chi connectivity index (χ0n) is 8.59. The molecule has 0 amide bonds. The van der Waals surface area contributed by atoms with Gasteiger partial charge in [-0.05, 0) is 0 Å². The molecule has 1 aromatic heterocycles. The lowest BCUT2D eigenvalue weighted by Gasteiger charge is -1.99. The fourth-order valence-electron chi connectivity index (χ4n) is 1.27. The number of H-pyrrole nitrogens is 1. The number of rotatable bonds is 5. The number of carbonyl (C=O) groups excluding carboxylic acids is 1. The van der Waals surface area contributed by atoms with Gasteiger partial charge in [0.1, 0.15) is 6.33 Å². The van der Waals surface area contributed by atoms with E-state index in [2.05, 4.69) is 15.2 Å². The molecule has 1 heterocycles. The Bertz CT molecular complexity index is 442. The molecule has 0 aliphatic carbocycles. The number of ketones is 1. The molecule has 0 spiro atoms. The second-order valence-electron chi connectivity index (χ2n) is 3.18. The molecule has 0 fully saturated rings. The van der Waals surface area contributed by atoms with Crippen LogP contribution in [0.2, 0.25) is 0 Å². The molecule has 2 aromatic rings. The van der Waals surface area contributed by atoms with E-state index < -0.39 is 0 Å². The maximum Gasteiger partial charge on any atom is 0.183 e. The van der Waals surface area contributed by atoms with Gasteiger partial charge in [0, 0.05) is 17.7 Å². The van der Waals surface area contributed by atoms with Gasteiger partial charge in [0.2, 0.25) is 0 Å². The van der Waals surface area contributed by atoms with Crippen molar-refractivity contribution in [2.45, 2.75) is 11.6 Å². The fraction of sp³-hybridized carbons (Fsp3) is 0.182. The van der Waals surface area contributed by atoms with Gasteiger partial charge in [-0.2, -0.15) is 5.10 Å². The topological polar surface area (TPSA) is 58.6 Å². The molecular formula is C11H11N3OS. The Morgan fingerprint density at radius 1 is 1.31 bits per heavy atom. The van der Waals surface area contributed by atoms with E-state index in [-0.39, 0.29) is 5.78 Å². The molecule has 0 atom stereocenters. The van der Waals surface area contributed by atoms with Crippen molar-refractivity contribution in [3.8, 4) is 0 Å². The molecular weight excluding hydrogens is 222 g/mol.